The summed E-state index contributed by atoms with van der Waals surface area (Å²) in [6.45, 7) is 0. The minimum absolute atomic E-state index is 0.0124. The molecule has 32 heavy (non-hydrogen) atoms. The van der Waals surface area contributed by atoms with Crippen molar-refractivity contribution in [1.29, 1.82) is 0 Å². The molecule has 7 nitrogen and oxygen atoms in total. The number of methoxy groups -OCH3 is 2. The Hall–Kier alpha value is -3.48. The quantitative estimate of drug-likeness (QED) is 0.414. The maximum atomic E-state index is 13.2. The third kappa shape index (κ3) is 3.79. The number of Topliss-reactive ketones (excluding diaryl/α,β-unsaturated/α-hetero) is 1. The topological polar surface area (TPSA) is 96.3 Å². The van der Waals surface area contributed by atoms with Gasteiger partial charge in [0.15, 0.2) is 11.5 Å². The van der Waals surface area contributed by atoms with E-state index in [1.165, 1.54) is 26.4 Å². The molecule has 0 aromatic heterocycles. The zero-order valence-electron chi connectivity index (χ0n) is 18.2. The highest BCUT2D eigenvalue weighted by Gasteiger charge is 2.49. The summed E-state index contributed by atoms with van der Waals surface area (Å²) in [7, 11) is 2.99. The van der Waals surface area contributed by atoms with E-state index in [2.05, 4.69) is 0 Å². The van der Waals surface area contributed by atoms with Crippen molar-refractivity contribution in [2.75, 3.05) is 14.2 Å². The zero-order chi connectivity index (χ0) is 22.8. The van der Waals surface area contributed by atoms with Crippen LogP contribution < -0.4 is 9.47 Å². The molecule has 0 spiro atoms. The molecule has 2 aliphatic rings. The number of benzene rings is 2. The Labute approximate surface area is 186 Å². The number of amides is 1. The van der Waals surface area contributed by atoms with Crippen molar-refractivity contribution in [2.45, 2.75) is 44.2 Å². The molecule has 0 bridgehead atoms. The minimum atomic E-state index is -0.779. The van der Waals surface area contributed by atoms with Crippen molar-refractivity contribution in [3.8, 4) is 17.2 Å². The molecule has 1 aliphatic carbocycles. The molecular formula is C25H27NO6. The Morgan fingerprint density at radius 1 is 0.969 bits per heavy atom. The molecule has 1 atom stereocenters. The van der Waals surface area contributed by atoms with Gasteiger partial charge in [0, 0.05) is 11.6 Å². The third-order valence-corrected chi connectivity index (χ3v) is 6.29. The van der Waals surface area contributed by atoms with Crippen molar-refractivity contribution in [1.82, 2.24) is 4.90 Å². The van der Waals surface area contributed by atoms with E-state index < -0.39 is 17.7 Å². The van der Waals surface area contributed by atoms with Crippen LogP contribution in [0.2, 0.25) is 0 Å². The van der Waals surface area contributed by atoms with E-state index in [0.717, 1.165) is 32.1 Å². The Bertz CT molecular complexity index is 1070. The maximum Gasteiger partial charge on any atom is 0.295 e. The monoisotopic (exact) mass is 437 g/mol. The average Bonchev–Trinajstić information content (AvgIpc) is 3.09. The fourth-order valence-corrected chi connectivity index (χ4v) is 4.75. The third-order valence-electron chi connectivity index (χ3n) is 6.29. The molecule has 1 saturated heterocycles. The highest BCUT2D eigenvalue weighted by molar-refractivity contribution is 6.46. The first-order valence-corrected chi connectivity index (χ1v) is 10.8. The molecule has 7 heteroatoms. The van der Waals surface area contributed by atoms with E-state index in [0.29, 0.717) is 22.6 Å². The van der Waals surface area contributed by atoms with Crippen molar-refractivity contribution < 1.29 is 29.3 Å². The van der Waals surface area contributed by atoms with Crippen LogP contribution >= 0.6 is 0 Å². The molecule has 168 valence electrons. The van der Waals surface area contributed by atoms with Crippen LogP contribution in [-0.4, -0.2) is 47.1 Å². The summed E-state index contributed by atoms with van der Waals surface area (Å²) in [6.07, 6.45) is 4.67. The number of aliphatic hydroxyl groups is 1. The van der Waals surface area contributed by atoms with Gasteiger partial charge in [-0.05, 0) is 48.7 Å². The van der Waals surface area contributed by atoms with Crippen LogP contribution in [0.15, 0.2) is 48.0 Å². The first-order valence-electron chi connectivity index (χ1n) is 10.8. The number of carbonyl (C=O) groups is 2. The van der Waals surface area contributed by atoms with Crippen LogP contribution in [0.3, 0.4) is 0 Å². The largest absolute Gasteiger partial charge is 0.508 e. The summed E-state index contributed by atoms with van der Waals surface area (Å²) in [5, 5.41) is 21.3. The van der Waals surface area contributed by atoms with Crippen LogP contribution in [0.25, 0.3) is 5.76 Å². The van der Waals surface area contributed by atoms with Gasteiger partial charge in [-0.15, -0.1) is 0 Å². The van der Waals surface area contributed by atoms with E-state index in [-0.39, 0.29) is 23.1 Å². The van der Waals surface area contributed by atoms with Crippen molar-refractivity contribution in [3.63, 3.8) is 0 Å². The van der Waals surface area contributed by atoms with E-state index in [4.69, 9.17) is 9.47 Å². The van der Waals surface area contributed by atoms with E-state index in [9.17, 15) is 19.8 Å². The van der Waals surface area contributed by atoms with Gasteiger partial charge in [0.05, 0.1) is 25.8 Å². The summed E-state index contributed by atoms with van der Waals surface area (Å²) in [5.74, 6) is -0.717. The second-order valence-electron chi connectivity index (χ2n) is 8.16. The second-order valence-corrected chi connectivity index (χ2v) is 8.16. The summed E-state index contributed by atoms with van der Waals surface area (Å²) >= 11 is 0. The first kappa shape index (κ1) is 21.7. The predicted octanol–water partition coefficient (Wildman–Crippen LogP) is 4.16. The number of hydrogen-bond donors (Lipinski definition) is 2. The molecular weight excluding hydrogens is 410 g/mol. The van der Waals surface area contributed by atoms with Crippen LogP contribution in [0.5, 0.6) is 17.2 Å². The van der Waals surface area contributed by atoms with Crippen LogP contribution in [0.1, 0.15) is 49.3 Å². The van der Waals surface area contributed by atoms with Gasteiger partial charge in [-0.25, -0.2) is 0 Å². The predicted molar refractivity (Wildman–Crippen MR) is 119 cm³/mol. The first-order chi connectivity index (χ1) is 15.5. The minimum Gasteiger partial charge on any atom is -0.508 e. The Morgan fingerprint density at radius 3 is 2.34 bits per heavy atom. The van der Waals surface area contributed by atoms with Crippen LogP contribution in [-0.2, 0) is 9.59 Å². The molecule has 1 aliphatic heterocycles. The molecule has 1 unspecified atom stereocenters. The smallest absolute Gasteiger partial charge is 0.295 e. The fourth-order valence-electron chi connectivity index (χ4n) is 4.75. The standard InChI is InChI=1S/C25H27NO6/c1-31-19-12-11-16(14-20(19)32-2)23(28)21-22(15-7-6-10-18(27)13-15)26(25(30)24(21)29)17-8-4-3-5-9-17/h6-7,10-14,17,22,27-28H,3-5,8-9H2,1-2H3/b23-21-. The number of phenols is 1. The van der Waals surface area contributed by atoms with Gasteiger partial charge in [0.1, 0.15) is 11.5 Å². The SMILES string of the molecule is COc1ccc(/C(O)=C2/C(=O)C(=O)N(C3CCCCC3)C2c2cccc(O)c2)cc1OC. The Morgan fingerprint density at radius 2 is 1.69 bits per heavy atom. The molecule has 1 saturated carbocycles. The number of aliphatic hydroxyl groups excluding tert-OH is 1. The molecule has 2 N–H and O–H groups in total. The Kier molecular flexibility index (Phi) is 6.08. The van der Waals surface area contributed by atoms with Crippen molar-refractivity contribution in [3.05, 3.63) is 59.2 Å². The van der Waals surface area contributed by atoms with Gasteiger partial charge in [-0.3, -0.25) is 9.59 Å². The Balaban J connectivity index is 1.88. The van der Waals surface area contributed by atoms with Gasteiger partial charge < -0.3 is 24.6 Å². The molecule has 2 aromatic rings. The van der Waals surface area contributed by atoms with Crippen molar-refractivity contribution in [2.24, 2.45) is 0 Å². The highest BCUT2D eigenvalue weighted by Crippen LogP contribution is 2.44. The number of ketones is 1. The van der Waals surface area contributed by atoms with Gasteiger partial charge >= 0.3 is 0 Å². The lowest BCUT2D eigenvalue weighted by atomic mass is 9.91. The molecule has 2 aromatic carbocycles. The number of aromatic hydroxyl groups is 1. The number of carbonyl (C=O) groups excluding carboxylic acids is 2. The van der Waals surface area contributed by atoms with Crippen molar-refractivity contribution >= 4 is 17.4 Å². The molecule has 2 fully saturated rings. The zero-order valence-corrected chi connectivity index (χ0v) is 18.2. The lowest BCUT2D eigenvalue weighted by Gasteiger charge is -2.35. The maximum absolute atomic E-state index is 13.2. The lowest BCUT2D eigenvalue weighted by Crippen LogP contribution is -2.40. The number of likely N-dealkylation sites (tertiary alicyclic amines) is 1. The molecule has 0 radical (unpaired) electrons. The fraction of sp³-hybridized carbons (Fsp3) is 0.360. The molecule has 1 amide bonds. The lowest BCUT2D eigenvalue weighted by molar-refractivity contribution is -0.141. The van der Waals surface area contributed by atoms with Crippen LogP contribution in [0.4, 0.5) is 0 Å². The number of phenolic OH excluding ortho intramolecular Hbond substituents is 1. The summed E-state index contributed by atoms with van der Waals surface area (Å²) in [4.78, 5) is 28.0. The van der Waals surface area contributed by atoms with E-state index in [1.54, 1.807) is 35.2 Å². The number of ether oxygens (including phenoxy) is 2. The molecule has 1 heterocycles. The van der Waals surface area contributed by atoms with E-state index >= 15 is 0 Å². The van der Waals surface area contributed by atoms with Gasteiger partial charge in [-0.2, -0.15) is 0 Å². The normalized spacial score (nSPS) is 21.1. The second kappa shape index (κ2) is 8.94. The highest BCUT2D eigenvalue weighted by atomic mass is 16.5. The number of hydrogen-bond acceptors (Lipinski definition) is 6. The van der Waals surface area contributed by atoms with Crippen LogP contribution in [0, 0.1) is 0 Å². The number of rotatable bonds is 5. The summed E-state index contributed by atoms with van der Waals surface area (Å²) in [6, 6.07) is 10.4. The summed E-state index contributed by atoms with van der Waals surface area (Å²) < 4.78 is 10.6. The van der Waals surface area contributed by atoms with Gasteiger partial charge in [-0.1, -0.05) is 31.4 Å². The van der Waals surface area contributed by atoms with E-state index in [1.807, 2.05) is 0 Å². The van der Waals surface area contributed by atoms with Gasteiger partial charge in [0.25, 0.3) is 11.7 Å². The average molecular weight is 437 g/mol. The number of nitrogens with zero attached hydrogens (tertiary/aromatic N) is 1. The van der Waals surface area contributed by atoms with Gasteiger partial charge in [0.2, 0.25) is 0 Å². The molecule has 4 rings (SSSR count). The summed E-state index contributed by atoms with van der Waals surface area (Å²) in [5.41, 5.74) is 0.935.